The second-order valence-electron chi connectivity index (χ2n) is 6.96. The number of ether oxygens (including phenoxy) is 3. The topological polar surface area (TPSA) is 44.8 Å². The Hall–Kier alpha value is -2.49. The average Bonchev–Trinajstić information content (AvgIpc) is 2.57. The molecule has 0 amide bonds. The predicted octanol–water partition coefficient (Wildman–Crippen LogP) is 5.28. The van der Waals surface area contributed by atoms with Gasteiger partial charge in [0.2, 0.25) is 5.75 Å². The van der Waals surface area contributed by atoms with Crippen LogP contribution in [0.5, 0.6) is 17.2 Å². The summed E-state index contributed by atoms with van der Waals surface area (Å²) in [6, 6.07) is 12.7. The fourth-order valence-corrected chi connectivity index (χ4v) is 2.52. The van der Waals surface area contributed by atoms with Gasteiger partial charge in [-0.25, -0.2) is 0 Å². The lowest BCUT2D eigenvalue weighted by Gasteiger charge is -2.23. The van der Waals surface area contributed by atoms with E-state index in [0.717, 1.165) is 0 Å². The van der Waals surface area contributed by atoms with Gasteiger partial charge in [0.15, 0.2) is 17.3 Å². The molecule has 0 spiro atoms. The Kier molecular flexibility index (Phi) is 6.67. The SMILES string of the molecule is CC(C)Oc1ccc(C(=O)c2ccccc2)c(OC(C)C)c1OC(C)C. The third-order valence-corrected chi connectivity index (χ3v) is 3.43. The number of benzene rings is 2. The van der Waals surface area contributed by atoms with E-state index in [9.17, 15) is 4.79 Å². The number of rotatable bonds is 8. The molecule has 0 heterocycles. The van der Waals surface area contributed by atoms with E-state index in [1.807, 2.05) is 59.7 Å². The van der Waals surface area contributed by atoms with Gasteiger partial charge in [-0.05, 0) is 53.7 Å². The Balaban J connectivity index is 2.61. The minimum atomic E-state index is -0.110. The maximum Gasteiger partial charge on any atom is 0.204 e. The van der Waals surface area contributed by atoms with Crippen molar-refractivity contribution < 1.29 is 19.0 Å². The lowest BCUT2D eigenvalue weighted by Crippen LogP contribution is -2.16. The lowest BCUT2D eigenvalue weighted by atomic mass is 10.0. The Labute approximate surface area is 156 Å². The van der Waals surface area contributed by atoms with Gasteiger partial charge in [-0.2, -0.15) is 0 Å². The van der Waals surface area contributed by atoms with E-state index >= 15 is 0 Å². The summed E-state index contributed by atoms with van der Waals surface area (Å²) in [5.74, 6) is 1.38. The molecule has 0 bridgehead atoms. The summed E-state index contributed by atoms with van der Waals surface area (Å²) in [5, 5.41) is 0. The van der Waals surface area contributed by atoms with Gasteiger partial charge in [-0.3, -0.25) is 4.79 Å². The van der Waals surface area contributed by atoms with Gasteiger partial charge < -0.3 is 14.2 Å². The summed E-state index contributed by atoms with van der Waals surface area (Å²) in [6.07, 6.45) is -0.214. The van der Waals surface area contributed by atoms with Crippen molar-refractivity contribution in [3.05, 3.63) is 53.6 Å². The molecule has 0 radical (unpaired) electrons. The highest BCUT2D eigenvalue weighted by molar-refractivity contribution is 6.11. The highest BCUT2D eigenvalue weighted by Gasteiger charge is 2.24. The zero-order valence-electron chi connectivity index (χ0n) is 16.4. The Bertz CT molecular complexity index is 733. The van der Waals surface area contributed by atoms with E-state index in [0.29, 0.717) is 28.4 Å². The molecule has 0 N–H and O–H groups in total. The maximum absolute atomic E-state index is 13.0. The zero-order chi connectivity index (χ0) is 19.3. The highest BCUT2D eigenvalue weighted by Crippen LogP contribution is 2.42. The molecule has 0 unspecified atom stereocenters. The second kappa shape index (κ2) is 8.75. The van der Waals surface area contributed by atoms with Crippen LogP contribution in [0.1, 0.15) is 57.5 Å². The van der Waals surface area contributed by atoms with Crippen LogP contribution in [0.25, 0.3) is 0 Å². The highest BCUT2D eigenvalue weighted by atomic mass is 16.6. The molecule has 4 nitrogen and oxygen atoms in total. The zero-order valence-corrected chi connectivity index (χ0v) is 16.4. The van der Waals surface area contributed by atoms with Crippen LogP contribution < -0.4 is 14.2 Å². The standard InChI is InChI=1S/C22H28O4/c1-14(2)24-19-13-12-18(20(23)17-10-8-7-9-11-17)21(25-15(3)4)22(19)26-16(5)6/h7-16H,1-6H3. The second-order valence-corrected chi connectivity index (χ2v) is 6.96. The van der Waals surface area contributed by atoms with E-state index in [1.165, 1.54) is 0 Å². The molecule has 0 saturated carbocycles. The molecule has 4 heteroatoms. The number of ketones is 1. The van der Waals surface area contributed by atoms with Gasteiger partial charge in [0, 0.05) is 5.56 Å². The molecule has 0 atom stereocenters. The van der Waals surface area contributed by atoms with Crippen molar-refractivity contribution in [3.8, 4) is 17.2 Å². The fourth-order valence-electron chi connectivity index (χ4n) is 2.52. The van der Waals surface area contributed by atoms with Crippen molar-refractivity contribution in [2.24, 2.45) is 0 Å². The Morgan fingerprint density at radius 2 is 1.23 bits per heavy atom. The van der Waals surface area contributed by atoms with Crippen molar-refractivity contribution in [1.82, 2.24) is 0 Å². The molecule has 0 aliphatic heterocycles. The largest absolute Gasteiger partial charge is 0.487 e. The molecule has 2 aromatic rings. The van der Waals surface area contributed by atoms with Gasteiger partial charge in [-0.15, -0.1) is 0 Å². The minimum Gasteiger partial charge on any atom is -0.487 e. The van der Waals surface area contributed by atoms with Gasteiger partial charge in [-0.1, -0.05) is 30.3 Å². The van der Waals surface area contributed by atoms with E-state index < -0.39 is 0 Å². The lowest BCUT2D eigenvalue weighted by molar-refractivity contribution is 0.103. The summed E-state index contributed by atoms with van der Waals surface area (Å²) < 4.78 is 17.9. The van der Waals surface area contributed by atoms with Crippen molar-refractivity contribution in [2.75, 3.05) is 0 Å². The Morgan fingerprint density at radius 1 is 0.692 bits per heavy atom. The van der Waals surface area contributed by atoms with E-state index in [1.54, 1.807) is 24.3 Å². The van der Waals surface area contributed by atoms with Crippen LogP contribution in [0.15, 0.2) is 42.5 Å². The monoisotopic (exact) mass is 356 g/mol. The van der Waals surface area contributed by atoms with Crippen molar-refractivity contribution in [2.45, 2.75) is 59.9 Å². The van der Waals surface area contributed by atoms with Crippen LogP contribution in [0.2, 0.25) is 0 Å². The van der Waals surface area contributed by atoms with Crippen LogP contribution in [0, 0.1) is 0 Å². The quantitative estimate of drug-likeness (QED) is 0.604. The third kappa shape index (κ3) is 5.01. The molecular formula is C22H28O4. The van der Waals surface area contributed by atoms with Crippen molar-refractivity contribution in [3.63, 3.8) is 0 Å². The first-order valence-corrected chi connectivity index (χ1v) is 9.06. The van der Waals surface area contributed by atoms with Gasteiger partial charge in [0.05, 0.1) is 23.9 Å². The molecule has 0 aromatic heterocycles. The smallest absolute Gasteiger partial charge is 0.204 e. The fraction of sp³-hybridized carbons (Fsp3) is 0.409. The molecule has 140 valence electrons. The number of carbonyl (C=O) groups excluding carboxylic acids is 1. The Morgan fingerprint density at radius 3 is 1.77 bits per heavy atom. The first-order valence-electron chi connectivity index (χ1n) is 9.06. The minimum absolute atomic E-state index is 0.0212. The van der Waals surface area contributed by atoms with E-state index in [-0.39, 0.29) is 24.1 Å². The van der Waals surface area contributed by atoms with Gasteiger partial charge >= 0.3 is 0 Å². The van der Waals surface area contributed by atoms with Crippen LogP contribution in [0.4, 0.5) is 0 Å². The molecule has 0 aliphatic rings. The predicted molar refractivity (Wildman–Crippen MR) is 104 cm³/mol. The summed E-state index contributed by atoms with van der Waals surface area (Å²) in [7, 11) is 0. The molecule has 2 rings (SSSR count). The van der Waals surface area contributed by atoms with Crippen molar-refractivity contribution >= 4 is 5.78 Å². The first-order chi connectivity index (χ1) is 12.3. The number of hydrogen-bond acceptors (Lipinski definition) is 4. The molecule has 26 heavy (non-hydrogen) atoms. The van der Waals surface area contributed by atoms with Gasteiger partial charge in [0.1, 0.15) is 0 Å². The van der Waals surface area contributed by atoms with Gasteiger partial charge in [0.25, 0.3) is 0 Å². The molecule has 0 aliphatic carbocycles. The molecule has 2 aromatic carbocycles. The third-order valence-electron chi connectivity index (χ3n) is 3.43. The summed E-state index contributed by atoms with van der Waals surface area (Å²) in [5.41, 5.74) is 1.07. The summed E-state index contributed by atoms with van der Waals surface area (Å²) >= 11 is 0. The maximum atomic E-state index is 13.0. The average molecular weight is 356 g/mol. The van der Waals surface area contributed by atoms with Crippen LogP contribution in [0.3, 0.4) is 0 Å². The summed E-state index contributed by atoms with van der Waals surface area (Å²) in [4.78, 5) is 13.0. The van der Waals surface area contributed by atoms with E-state index in [4.69, 9.17) is 14.2 Å². The number of hydrogen-bond donors (Lipinski definition) is 0. The van der Waals surface area contributed by atoms with Crippen LogP contribution in [-0.2, 0) is 0 Å². The first kappa shape index (κ1) is 19.8. The van der Waals surface area contributed by atoms with Crippen LogP contribution in [-0.4, -0.2) is 24.1 Å². The van der Waals surface area contributed by atoms with Crippen LogP contribution >= 0.6 is 0 Å². The van der Waals surface area contributed by atoms with E-state index in [2.05, 4.69) is 0 Å². The van der Waals surface area contributed by atoms with Crippen molar-refractivity contribution in [1.29, 1.82) is 0 Å². The normalized spacial score (nSPS) is 11.1. The summed E-state index contributed by atoms with van der Waals surface area (Å²) in [6.45, 7) is 11.6. The number of carbonyl (C=O) groups is 1. The molecular weight excluding hydrogens is 328 g/mol. The molecule has 0 saturated heterocycles. The molecule has 0 fully saturated rings.